The normalized spacial score (nSPS) is 22.0. The molecule has 1 aliphatic carbocycles. The molecule has 0 radical (unpaired) electrons. The summed E-state index contributed by atoms with van der Waals surface area (Å²) in [5, 5.41) is 0. The molecule has 0 aromatic rings. The highest BCUT2D eigenvalue weighted by molar-refractivity contribution is 9.11. The summed E-state index contributed by atoms with van der Waals surface area (Å²) in [6.07, 6.45) is 3.74. The molecule has 0 aliphatic heterocycles. The van der Waals surface area contributed by atoms with Crippen molar-refractivity contribution in [1.29, 1.82) is 0 Å². The van der Waals surface area contributed by atoms with Crippen molar-refractivity contribution < 1.29 is 9.47 Å². The lowest BCUT2D eigenvalue weighted by molar-refractivity contribution is 0.202. The molecule has 0 amide bonds. The number of nitrogens with two attached hydrogens (primary N) is 1. The first-order chi connectivity index (χ1) is 6.72. The Balaban J connectivity index is 2.81. The van der Waals surface area contributed by atoms with E-state index in [2.05, 4.69) is 15.9 Å². The van der Waals surface area contributed by atoms with Crippen LogP contribution in [0.3, 0.4) is 0 Å². The Labute approximate surface area is 93.1 Å². The van der Waals surface area contributed by atoms with E-state index in [1.807, 2.05) is 6.08 Å². The van der Waals surface area contributed by atoms with Gasteiger partial charge in [-0.15, -0.1) is 0 Å². The third-order valence-corrected chi connectivity index (χ3v) is 3.04. The summed E-state index contributed by atoms with van der Waals surface area (Å²) < 4.78 is 11.5. The highest BCUT2D eigenvalue weighted by Gasteiger charge is 2.23. The minimum Gasteiger partial charge on any atom is -0.501 e. The topological polar surface area (TPSA) is 44.5 Å². The zero-order valence-electron chi connectivity index (χ0n) is 8.55. The highest BCUT2D eigenvalue weighted by Crippen LogP contribution is 2.34. The predicted octanol–water partition coefficient (Wildman–Crippen LogP) is 2.14. The Kier molecular flexibility index (Phi) is 4.48. The maximum atomic E-state index is 5.55. The number of rotatable bonds is 4. The summed E-state index contributed by atoms with van der Waals surface area (Å²) in [4.78, 5) is 0. The van der Waals surface area contributed by atoms with E-state index in [4.69, 9.17) is 15.2 Å². The number of hydrogen-bond donors (Lipinski definition) is 1. The monoisotopic (exact) mass is 261 g/mol. The zero-order valence-corrected chi connectivity index (χ0v) is 10.1. The third-order valence-electron chi connectivity index (χ3n) is 2.37. The second-order valence-corrected chi connectivity index (χ2v) is 4.06. The van der Waals surface area contributed by atoms with Gasteiger partial charge in [0.15, 0.2) is 0 Å². The van der Waals surface area contributed by atoms with Gasteiger partial charge in [0.25, 0.3) is 0 Å². The standard InChI is InChI=1S/C10H16BrNO2/c1-13-9-6-8(11)10(14-2)5-7(9)3-4-12/h6-7H,3-5,12H2,1-2H3. The Morgan fingerprint density at radius 2 is 2.21 bits per heavy atom. The molecule has 0 fully saturated rings. The van der Waals surface area contributed by atoms with Gasteiger partial charge in [0.2, 0.25) is 0 Å². The van der Waals surface area contributed by atoms with Gasteiger partial charge in [-0.1, -0.05) is 0 Å². The van der Waals surface area contributed by atoms with Crippen LogP contribution in [-0.4, -0.2) is 20.8 Å². The molecule has 0 aromatic heterocycles. The molecule has 3 nitrogen and oxygen atoms in total. The van der Waals surface area contributed by atoms with Crippen LogP contribution in [0, 0.1) is 5.92 Å². The van der Waals surface area contributed by atoms with Gasteiger partial charge in [0.1, 0.15) is 11.5 Å². The van der Waals surface area contributed by atoms with Crippen LogP contribution in [0.5, 0.6) is 0 Å². The average Bonchev–Trinajstić information content (AvgIpc) is 2.20. The van der Waals surface area contributed by atoms with Gasteiger partial charge in [-0.05, 0) is 35.0 Å². The van der Waals surface area contributed by atoms with E-state index in [1.54, 1.807) is 14.2 Å². The summed E-state index contributed by atoms with van der Waals surface area (Å²) in [5.74, 6) is 2.29. The van der Waals surface area contributed by atoms with Crippen LogP contribution in [0.15, 0.2) is 22.1 Å². The fourth-order valence-corrected chi connectivity index (χ4v) is 2.15. The van der Waals surface area contributed by atoms with Crippen LogP contribution in [-0.2, 0) is 9.47 Å². The lowest BCUT2D eigenvalue weighted by atomic mass is 9.94. The minimum atomic E-state index is 0.348. The minimum absolute atomic E-state index is 0.348. The molecule has 0 heterocycles. The number of methoxy groups -OCH3 is 2. The third kappa shape index (κ3) is 2.51. The lowest BCUT2D eigenvalue weighted by Crippen LogP contribution is -2.16. The first-order valence-corrected chi connectivity index (χ1v) is 5.40. The molecular weight excluding hydrogens is 246 g/mol. The molecule has 0 saturated heterocycles. The summed E-state index contributed by atoms with van der Waals surface area (Å²) in [6.45, 7) is 0.667. The molecule has 0 aromatic carbocycles. The van der Waals surface area contributed by atoms with E-state index < -0.39 is 0 Å². The SMILES string of the molecule is COC1=CC(Br)=C(OC)CC1CCN. The highest BCUT2D eigenvalue weighted by atomic mass is 79.9. The largest absolute Gasteiger partial charge is 0.501 e. The van der Waals surface area contributed by atoms with Crippen molar-refractivity contribution in [2.75, 3.05) is 20.8 Å². The van der Waals surface area contributed by atoms with Gasteiger partial charge >= 0.3 is 0 Å². The first kappa shape index (κ1) is 11.6. The van der Waals surface area contributed by atoms with E-state index in [0.29, 0.717) is 12.5 Å². The van der Waals surface area contributed by atoms with Gasteiger partial charge in [0.05, 0.1) is 18.7 Å². The number of allylic oxidation sites excluding steroid dienone is 4. The van der Waals surface area contributed by atoms with Gasteiger partial charge < -0.3 is 15.2 Å². The Bertz CT molecular complexity index is 261. The maximum Gasteiger partial charge on any atom is 0.111 e. The molecule has 0 bridgehead atoms. The van der Waals surface area contributed by atoms with Crippen molar-refractivity contribution >= 4 is 15.9 Å². The first-order valence-electron chi connectivity index (χ1n) is 4.61. The van der Waals surface area contributed by atoms with E-state index in [-0.39, 0.29) is 0 Å². The van der Waals surface area contributed by atoms with Crippen LogP contribution in [0.1, 0.15) is 12.8 Å². The summed E-state index contributed by atoms with van der Waals surface area (Å²) in [7, 11) is 3.37. The van der Waals surface area contributed by atoms with Crippen molar-refractivity contribution in [3.8, 4) is 0 Å². The van der Waals surface area contributed by atoms with Crippen molar-refractivity contribution in [1.82, 2.24) is 0 Å². The fraction of sp³-hybridized carbons (Fsp3) is 0.600. The second-order valence-electron chi connectivity index (χ2n) is 3.20. The van der Waals surface area contributed by atoms with Gasteiger partial charge in [0, 0.05) is 12.3 Å². The van der Waals surface area contributed by atoms with Crippen molar-refractivity contribution in [3.05, 3.63) is 22.1 Å². The van der Waals surface area contributed by atoms with Gasteiger partial charge in [-0.2, -0.15) is 0 Å². The summed E-state index contributed by atoms with van der Waals surface area (Å²) in [5.41, 5.74) is 5.55. The molecule has 1 atom stereocenters. The van der Waals surface area contributed by atoms with Crippen molar-refractivity contribution in [2.45, 2.75) is 12.8 Å². The quantitative estimate of drug-likeness (QED) is 0.844. The van der Waals surface area contributed by atoms with Crippen molar-refractivity contribution in [2.24, 2.45) is 11.7 Å². The lowest BCUT2D eigenvalue weighted by Gasteiger charge is -2.24. The zero-order chi connectivity index (χ0) is 10.6. The molecule has 0 saturated carbocycles. The number of hydrogen-bond acceptors (Lipinski definition) is 3. The van der Waals surface area contributed by atoms with E-state index >= 15 is 0 Å². The molecule has 14 heavy (non-hydrogen) atoms. The molecule has 1 unspecified atom stereocenters. The fourth-order valence-electron chi connectivity index (χ4n) is 1.60. The van der Waals surface area contributed by atoms with Crippen LogP contribution in [0.25, 0.3) is 0 Å². The van der Waals surface area contributed by atoms with Crippen LogP contribution in [0.4, 0.5) is 0 Å². The Hall–Kier alpha value is -0.480. The number of halogens is 1. The summed E-state index contributed by atoms with van der Waals surface area (Å²) >= 11 is 3.44. The Morgan fingerprint density at radius 3 is 2.71 bits per heavy atom. The second kappa shape index (κ2) is 5.41. The van der Waals surface area contributed by atoms with Crippen molar-refractivity contribution in [3.63, 3.8) is 0 Å². The number of ether oxygens (including phenoxy) is 2. The van der Waals surface area contributed by atoms with Crippen LogP contribution >= 0.6 is 15.9 Å². The summed E-state index contributed by atoms with van der Waals surface area (Å²) in [6, 6.07) is 0. The predicted molar refractivity (Wildman–Crippen MR) is 59.8 cm³/mol. The average molecular weight is 262 g/mol. The van der Waals surface area contributed by atoms with Gasteiger partial charge in [-0.3, -0.25) is 0 Å². The van der Waals surface area contributed by atoms with Crippen LogP contribution in [0.2, 0.25) is 0 Å². The molecular formula is C10H16BrNO2. The van der Waals surface area contributed by atoms with E-state index in [0.717, 1.165) is 28.8 Å². The molecule has 1 rings (SSSR count). The molecule has 80 valence electrons. The molecule has 4 heteroatoms. The maximum absolute atomic E-state index is 5.55. The van der Waals surface area contributed by atoms with E-state index in [9.17, 15) is 0 Å². The van der Waals surface area contributed by atoms with Gasteiger partial charge in [-0.25, -0.2) is 0 Å². The van der Waals surface area contributed by atoms with E-state index in [1.165, 1.54) is 0 Å². The molecule has 0 spiro atoms. The molecule has 1 aliphatic rings. The molecule has 2 N–H and O–H groups in total. The van der Waals surface area contributed by atoms with Crippen LogP contribution < -0.4 is 5.73 Å². The smallest absolute Gasteiger partial charge is 0.111 e. The Morgan fingerprint density at radius 1 is 1.50 bits per heavy atom.